The third-order valence-electron chi connectivity index (χ3n) is 3.27. The maximum atomic E-state index is 12.2. The van der Waals surface area contributed by atoms with Crippen LogP contribution in [0.15, 0.2) is 22.5 Å². The van der Waals surface area contributed by atoms with Gasteiger partial charge in [0.25, 0.3) is 0 Å². The van der Waals surface area contributed by atoms with E-state index in [4.69, 9.17) is 0 Å². The smallest absolute Gasteiger partial charge is 0.233 e. The van der Waals surface area contributed by atoms with Gasteiger partial charge in [-0.1, -0.05) is 46.9 Å². The fourth-order valence-electron chi connectivity index (χ4n) is 1.97. The first kappa shape index (κ1) is 16.8. The van der Waals surface area contributed by atoms with Crippen LogP contribution < -0.4 is 5.32 Å². The third kappa shape index (κ3) is 4.45. The van der Waals surface area contributed by atoms with Gasteiger partial charge < -0.3 is 10.2 Å². The summed E-state index contributed by atoms with van der Waals surface area (Å²) >= 11 is 2.88. The predicted molar refractivity (Wildman–Crippen MR) is 92.6 cm³/mol. The number of carbonyl (C=O) groups excluding carboxylic acids is 1. The molecule has 1 N–H and O–H groups in total. The van der Waals surface area contributed by atoms with E-state index in [-0.39, 0.29) is 5.91 Å². The van der Waals surface area contributed by atoms with Crippen LogP contribution in [0.3, 0.4) is 0 Å². The van der Waals surface area contributed by atoms with Crippen LogP contribution in [0.5, 0.6) is 0 Å². The van der Waals surface area contributed by atoms with Gasteiger partial charge in [-0.25, -0.2) is 0 Å². The number of rotatable bonds is 6. The molecule has 0 aliphatic heterocycles. The number of thioether (sulfide) groups is 1. The summed E-state index contributed by atoms with van der Waals surface area (Å²) in [4.78, 5) is 14.0. The number of anilines is 1. The van der Waals surface area contributed by atoms with Crippen LogP contribution in [0, 0.1) is 13.8 Å². The minimum atomic E-state index is 0.0891. The Balaban J connectivity index is 1.88. The SMILES string of the molecule is CNc1nnc(SCC(=O)N(C)Cc2ccc(C)cc2C)s1. The summed E-state index contributed by atoms with van der Waals surface area (Å²) in [5.41, 5.74) is 3.64. The first-order valence-electron chi connectivity index (χ1n) is 6.93. The standard InChI is InChI=1S/C15H20N4OS2/c1-10-5-6-12(11(2)7-10)8-19(4)13(20)9-21-15-18-17-14(16-3)22-15/h5-7H,8-9H2,1-4H3,(H,16,17). The zero-order chi connectivity index (χ0) is 16.1. The molecule has 0 fully saturated rings. The number of aryl methyl sites for hydroxylation is 2. The summed E-state index contributed by atoms with van der Waals surface area (Å²) < 4.78 is 0.803. The van der Waals surface area contributed by atoms with Crippen molar-refractivity contribution in [1.29, 1.82) is 0 Å². The van der Waals surface area contributed by atoms with Gasteiger partial charge >= 0.3 is 0 Å². The van der Waals surface area contributed by atoms with Crippen LogP contribution in [0.4, 0.5) is 5.13 Å². The van der Waals surface area contributed by atoms with E-state index >= 15 is 0 Å². The molecule has 1 aromatic carbocycles. The van der Waals surface area contributed by atoms with Crippen molar-refractivity contribution in [3.05, 3.63) is 34.9 Å². The van der Waals surface area contributed by atoms with E-state index in [0.29, 0.717) is 12.3 Å². The molecule has 0 saturated heterocycles. The average Bonchev–Trinajstić information content (AvgIpc) is 2.95. The largest absolute Gasteiger partial charge is 0.363 e. The number of carbonyl (C=O) groups is 1. The van der Waals surface area contributed by atoms with Crippen molar-refractivity contribution in [1.82, 2.24) is 15.1 Å². The van der Waals surface area contributed by atoms with Crippen LogP contribution in [-0.4, -0.2) is 40.9 Å². The minimum absolute atomic E-state index is 0.0891. The van der Waals surface area contributed by atoms with Gasteiger partial charge in [0, 0.05) is 20.6 Å². The second-order valence-electron chi connectivity index (χ2n) is 5.09. The van der Waals surface area contributed by atoms with Crippen LogP contribution in [0.25, 0.3) is 0 Å². The highest BCUT2D eigenvalue weighted by atomic mass is 32.2. The Labute approximate surface area is 139 Å². The van der Waals surface area contributed by atoms with Gasteiger partial charge in [-0.15, -0.1) is 10.2 Å². The Morgan fingerprint density at radius 1 is 1.36 bits per heavy atom. The average molecular weight is 336 g/mol. The first-order valence-corrected chi connectivity index (χ1v) is 8.74. The first-order chi connectivity index (χ1) is 10.5. The van der Waals surface area contributed by atoms with Gasteiger partial charge in [-0.3, -0.25) is 4.79 Å². The van der Waals surface area contributed by atoms with Crippen molar-refractivity contribution in [2.24, 2.45) is 0 Å². The van der Waals surface area contributed by atoms with Crippen LogP contribution in [0.2, 0.25) is 0 Å². The number of hydrogen-bond donors (Lipinski definition) is 1. The van der Waals surface area contributed by atoms with Gasteiger partial charge in [-0.05, 0) is 25.0 Å². The molecule has 22 heavy (non-hydrogen) atoms. The molecule has 0 bridgehead atoms. The van der Waals surface area contributed by atoms with Crippen LogP contribution >= 0.6 is 23.1 Å². The zero-order valence-corrected chi connectivity index (χ0v) is 14.8. The third-order valence-corrected chi connectivity index (χ3v) is 5.33. The molecule has 2 rings (SSSR count). The number of benzene rings is 1. The number of hydrogen-bond acceptors (Lipinski definition) is 6. The number of nitrogens with zero attached hydrogens (tertiary/aromatic N) is 3. The van der Waals surface area contributed by atoms with Gasteiger partial charge in [0.15, 0.2) is 4.34 Å². The summed E-state index contributed by atoms with van der Waals surface area (Å²) in [5.74, 6) is 0.464. The lowest BCUT2D eigenvalue weighted by molar-refractivity contribution is -0.127. The second-order valence-corrected chi connectivity index (χ2v) is 7.29. The van der Waals surface area contributed by atoms with E-state index in [1.165, 1.54) is 39.8 Å². The second kappa shape index (κ2) is 7.60. The molecular formula is C15H20N4OS2. The molecule has 2 aromatic rings. The molecule has 0 aliphatic rings. The lowest BCUT2D eigenvalue weighted by atomic mass is 10.1. The van der Waals surface area contributed by atoms with Gasteiger partial charge in [-0.2, -0.15) is 0 Å². The molecule has 1 aromatic heterocycles. The Morgan fingerprint density at radius 3 is 2.77 bits per heavy atom. The van der Waals surface area contributed by atoms with Crippen molar-refractivity contribution in [3.63, 3.8) is 0 Å². The number of aromatic nitrogens is 2. The minimum Gasteiger partial charge on any atom is -0.363 e. The van der Waals surface area contributed by atoms with Crippen molar-refractivity contribution >= 4 is 34.1 Å². The Morgan fingerprint density at radius 2 is 2.14 bits per heavy atom. The summed E-state index contributed by atoms with van der Waals surface area (Å²) in [5, 5.41) is 11.7. The van der Waals surface area contributed by atoms with Crippen LogP contribution in [0.1, 0.15) is 16.7 Å². The fraction of sp³-hybridized carbons (Fsp3) is 0.400. The van der Waals surface area contributed by atoms with Crippen molar-refractivity contribution in [2.45, 2.75) is 24.7 Å². The van der Waals surface area contributed by atoms with E-state index in [1.807, 2.05) is 7.05 Å². The van der Waals surface area contributed by atoms with E-state index < -0.39 is 0 Å². The lowest BCUT2D eigenvalue weighted by Crippen LogP contribution is -2.28. The summed E-state index contributed by atoms with van der Waals surface area (Å²) in [7, 11) is 3.64. The number of amides is 1. The van der Waals surface area contributed by atoms with Crippen molar-refractivity contribution < 1.29 is 4.79 Å². The van der Waals surface area contributed by atoms with E-state index in [9.17, 15) is 4.79 Å². The van der Waals surface area contributed by atoms with Crippen LogP contribution in [-0.2, 0) is 11.3 Å². The number of nitrogens with one attached hydrogen (secondary N) is 1. The normalized spacial score (nSPS) is 10.5. The molecule has 7 heteroatoms. The molecule has 0 atom stereocenters. The fourth-order valence-corrected chi connectivity index (χ4v) is 3.62. The molecule has 0 unspecified atom stereocenters. The summed E-state index contributed by atoms with van der Waals surface area (Å²) in [6, 6.07) is 6.31. The van der Waals surface area contributed by atoms with Crippen molar-refractivity contribution in [2.75, 3.05) is 25.2 Å². The molecule has 0 radical (unpaired) electrons. The molecule has 1 heterocycles. The van der Waals surface area contributed by atoms with Gasteiger partial charge in [0.2, 0.25) is 11.0 Å². The quantitative estimate of drug-likeness (QED) is 0.822. The Bertz CT molecular complexity index is 657. The topological polar surface area (TPSA) is 58.1 Å². The maximum Gasteiger partial charge on any atom is 0.233 e. The maximum absolute atomic E-state index is 12.2. The van der Waals surface area contributed by atoms with Crippen molar-refractivity contribution in [3.8, 4) is 0 Å². The van der Waals surface area contributed by atoms with Gasteiger partial charge in [0.1, 0.15) is 0 Å². The lowest BCUT2D eigenvalue weighted by Gasteiger charge is -2.18. The van der Waals surface area contributed by atoms with E-state index in [1.54, 1.807) is 11.9 Å². The monoisotopic (exact) mass is 336 g/mol. The summed E-state index contributed by atoms with van der Waals surface area (Å²) in [6.45, 7) is 4.78. The molecular weight excluding hydrogens is 316 g/mol. The molecule has 0 saturated carbocycles. The Kier molecular flexibility index (Phi) is 5.79. The highest BCUT2D eigenvalue weighted by Crippen LogP contribution is 2.25. The predicted octanol–water partition coefficient (Wildman–Crippen LogP) is 2.95. The highest BCUT2D eigenvalue weighted by Gasteiger charge is 2.13. The Hall–Kier alpha value is -1.60. The zero-order valence-electron chi connectivity index (χ0n) is 13.2. The van der Waals surface area contributed by atoms with E-state index in [2.05, 4.69) is 47.6 Å². The molecule has 0 aliphatic carbocycles. The molecule has 0 spiro atoms. The van der Waals surface area contributed by atoms with E-state index in [0.717, 1.165) is 9.47 Å². The molecule has 5 nitrogen and oxygen atoms in total. The molecule has 118 valence electrons. The van der Waals surface area contributed by atoms with Gasteiger partial charge in [0.05, 0.1) is 5.75 Å². The summed E-state index contributed by atoms with van der Waals surface area (Å²) in [6.07, 6.45) is 0. The highest BCUT2D eigenvalue weighted by molar-refractivity contribution is 8.01. The molecule has 1 amide bonds.